The number of nitrogens with one attached hydrogen (secondary N) is 2. The monoisotopic (exact) mass is 354 g/mol. The summed E-state index contributed by atoms with van der Waals surface area (Å²) in [5, 5.41) is 14.6. The van der Waals surface area contributed by atoms with Crippen molar-refractivity contribution in [3.8, 4) is 0 Å². The van der Waals surface area contributed by atoms with Crippen molar-refractivity contribution in [2.45, 2.75) is 6.54 Å². The summed E-state index contributed by atoms with van der Waals surface area (Å²) in [7, 11) is 0. The molecule has 0 saturated heterocycles. The molecule has 1 aromatic heterocycles. The molecule has 1 aromatic carbocycles. The van der Waals surface area contributed by atoms with Crippen LogP contribution in [0.1, 0.15) is 15.2 Å². The van der Waals surface area contributed by atoms with Gasteiger partial charge in [0.25, 0.3) is 5.91 Å². The average molecular weight is 355 g/mol. The first-order valence-corrected chi connectivity index (χ1v) is 7.77. The van der Waals surface area contributed by atoms with Crippen molar-refractivity contribution in [1.82, 2.24) is 5.32 Å². The van der Waals surface area contributed by atoms with E-state index in [-0.39, 0.29) is 19.1 Å². The van der Waals surface area contributed by atoms with Gasteiger partial charge in [-0.2, -0.15) is 0 Å². The standard InChI is InChI=1S/C14H15BrN2O2S/c15-13-6-5-12(20-13)9-17-11-3-1-10(2-4-11)14(19)16-7-8-18/h1-6,17-18H,7-9H2,(H,16,19). The van der Waals surface area contributed by atoms with E-state index in [0.29, 0.717) is 5.56 Å². The molecule has 1 heterocycles. The number of anilines is 1. The average Bonchev–Trinajstić information content (AvgIpc) is 2.89. The van der Waals surface area contributed by atoms with Gasteiger partial charge in [0.2, 0.25) is 0 Å². The SMILES string of the molecule is O=C(NCCO)c1ccc(NCc2ccc(Br)s2)cc1. The number of aliphatic hydroxyl groups excluding tert-OH is 1. The number of aliphatic hydroxyl groups is 1. The van der Waals surface area contributed by atoms with E-state index in [1.807, 2.05) is 18.2 Å². The number of amides is 1. The number of halogens is 1. The van der Waals surface area contributed by atoms with Crippen molar-refractivity contribution in [3.05, 3.63) is 50.6 Å². The van der Waals surface area contributed by atoms with Crippen LogP contribution in [-0.2, 0) is 6.54 Å². The normalized spacial score (nSPS) is 10.3. The molecule has 106 valence electrons. The summed E-state index contributed by atoms with van der Waals surface area (Å²) >= 11 is 5.12. The van der Waals surface area contributed by atoms with Gasteiger partial charge in [-0.1, -0.05) is 0 Å². The molecule has 2 aromatic rings. The van der Waals surface area contributed by atoms with Crippen LogP contribution in [0.5, 0.6) is 0 Å². The van der Waals surface area contributed by atoms with Gasteiger partial charge in [0.15, 0.2) is 0 Å². The largest absolute Gasteiger partial charge is 0.395 e. The van der Waals surface area contributed by atoms with Gasteiger partial charge in [0.05, 0.1) is 10.4 Å². The van der Waals surface area contributed by atoms with E-state index < -0.39 is 0 Å². The predicted octanol–water partition coefficient (Wildman–Crippen LogP) is 2.84. The lowest BCUT2D eigenvalue weighted by Gasteiger charge is -2.07. The first-order chi connectivity index (χ1) is 9.69. The van der Waals surface area contributed by atoms with Crippen molar-refractivity contribution < 1.29 is 9.90 Å². The van der Waals surface area contributed by atoms with Crippen LogP contribution < -0.4 is 10.6 Å². The summed E-state index contributed by atoms with van der Waals surface area (Å²) in [6, 6.07) is 11.4. The third-order valence-corrected chi connectivity index (χ3v) is 4.26. The molecule has 0 aliphatic carbocycles. The van der Waals surface area contributed by atoms with E-state index in [1.165, 1.54) is 4.88 Å². The molecule has 20 heavy (non-hydrogen) atoms. The topological polar surface area (TPSA) is 61.4 Å². The Morgan fingerprint density at radius 2 is 1.95 bits per heavy atom. The first-order valence-electron chi connectivity index (χ1n) is 6.16. The number of hydrogen-bond donors (Lipinski definition) is 3. The molecule has 4 nitrogen and oxygen atoms in total. The number of thiophene rings is 1. The second-order valence-electron chi connectivity index (χ2n) is 4.12. The maximum Gasteiger partial charge on any atom is 0.251 e. The Balaban J connectivity index is 1.89. The smallest absolute Gasteiger partial charge is 0.251 e. The molecule has 0 saturated carbocycles. The summed E-state index contributed by atoms with van der Waals surface area (Å²) in [5.41, 5.74) is 1.55. The zero-order chi connectivity index (χ0) is 14.4. The molecule has 0 atom stereocenters. The van der Waals surface area contributed by atoms with Crippen LogP contribution in [0.15, 0.2) is 40.2 Å². The molecule has 0 radical (unpaired) electrons. The van der Waals surface area contributed by atoms with Gasteiger partial charge in [0.1, 0.15) is 0 Å². The molecular formula is C14H15BrN2O2S. The zero-order valence-electron chi connectivity index (χ0n) is 10.7. The molecule has 3 N–H and O–H groups in total. The van der Waals surface area contributed by atoms with Gasteiger partial charge in [0, 0.05) is 29.2 Å². The van der Waals surface area contributed by atoms with E-state index in [9.17, 15) is 4.79 Å². The highest BCUT2D eigenvalue weighted by molar-refractivity contribution is 9.11. The summed E-state index contributed by atoms with van der Waals surface area (Å²) < 4.78 is 1.12. The van der Waals surface area contributed by atoms with Crippen LogP contribution in [0.3, 0.4) is 0 Å². The molecular weight excluding hydrogens is 340 g/mol. The highest BCUT2D eigenvalue weighted by atomic mass is 79.9. The third kappa shape index (κ3) is 4.33. The van der Waals surface area contributed by atoms with Crippen LogP contribution >= 0.6 is 27.3 Å². The molecule has 0 fully saturated rings. The summed E-state index contributed by atoms with van der Waals surface area (Å²) in [6.45, 7) is 0.972. The Hall–Kier alpha value is -1.37. The van der Waals surface area contributed by atoms with Gasteiger partial charge in [-0.25, -0.2) is 0 Å². The maximum absolute atomic E-state index is 11.7. The van der Waals surface area contributed by atoms with Gasteiger partial charge >= 0.3 is 0 Å². The molecule has 0 aliphatic rings. The van der Waals surface area contributed by atoms with Gasteiger partial charge in [-0.05, 0) is 52.3 Å². The fourth-order valence-corrected chi connectivity index (χ4v) is 3.07. The van der Waals surface area contributed by atoms with Crippen LogP contribution in [0.2, 0.25) is 0 Å². The lowest BCUT2D eigenvalue weighted by molar-refractivity contribution is 0.0945. The Labute approximate surface area is 130 Å². The molecule has 2 rings (SSSR count). The van der Waals surface area contributed by atoms with Crippen molar-refractivity contribution in [2.24, 2.45) is 0 Å². The molecule has 0 aliphatic heterocycles. The van der Waals surface area contributed by atoms with E-state index in [1.54, 1.807) is 23.5 Å². The van der Waals surface area contributed by atoms with E-state index >= 15 is 0 Å². The number of rotatable bonds is 6. The number of carbonyl (C=O) groups is 1. The summed E-state index contributed by atoms with van der Waals surface area (Å²) in [6.07, 6.45) is 0. The van der Waals surface area contributed by atoms with E-state index in [2.05, 4.69) is 32.6 Å². The number of hydrogen-bond acceptors (Lipinski definition) is 4. The van der Waals surface area contributed by atoms with Crippen LogP contribution in [0.25, 0.3) is 0 Å². The second kappa shape index (κ2) is 7.42. The van der Waals surface area contributed by atoms with Gasteiger partial charge < -0.3 is 15.7 Å². The molecule has 6 heteroatoms. The highest BCUT2D eigenvalue weighted by Gasteiger charge is 2.04. The van der Waals surface area contributed by atoms with Crippen molar-refractivity contribution in [1.29, 1.82) is 0 Å². The first kappa shape index (κ1) is 15.0. The lowest BCUT2D eigenvalue weighted by atomic mass is 10.2. The minimum absolute atomic E-state index is 0.0538. The van der Waals surface area contributed by atoms with Crippen molar-refractivity contribution in [2.75, 3.05) is 18.5 Å². The maximum atomic E-state index is 11.7. The molecule has 1 amide bonds. The minimum Gasteiger partial charge on any atom is -0.395 e. The van der Waals surface area contributed by atoms with Crippen LogP contribution in [0.4, 0.5) is 5.69 Å². The van der Waals surface area contributed by atoms with Crippen molar-refractivity contribution in [3.63, 3.8) is 0 Å². The zero-order valence-corrected chi connectivity index (χ0v) is 13.1. The fourth-order valence-electron chi connectivity index (χ4n) is 1.65. The Kier molecular flexibility index (Phi) is 5.58. The quantitative estimate of drug-likeness (QED) is 0.747. The number of benzene rings is 1. The van der Waals surface area contributed by atoms with Gasteiger partial charge in [-0.3, -0.25) is 4.79 Å². The molecule has 0 bridgehead atoms. The van der Waals surface area contributed by atoms with E-state index in [4.69, 9.17) is 5.11 Å². The minimum atomic E-state index is -0.173. The Bertz CT molecular complexity index is 569. The third-order valence-electron chi connectivity index (χ3n) is 2.64. The van der Waals surface area contributed by atoms with E-state index in [0.717, 1.165) is 16.0 Å². The molecule has 0 spiro atoms. The lowest BCUT2D eigenvalue weighted by Crippen LogP contribution is -2.26. The molecule has 0 unspecified atom stereocenters. The summed E-state index contributed by atoms with van der Waals surface area (Å²) in [5.74, 6) is -0.173. The predicted molar refractivity (Wildman–Crippen MR) is 85.2 cm³/mol. The number of carbonyl (C=O) groups excluding carboxylic acids is 1. The fraction of sp³-hybridized carbons (Fsp3) is 0.214. The van der Waals surface area contributed by atoms with Gasteiger partial charge in [-0.15, -0.1) is 11.3 Å². The summed E-state index contributed by atoms with van der Waals surface area (Å²) in [4.78, 5) is 12.9. The highest BCUT2D eigenvalue weighted by Crippen LogP contribution is 2.23. The van der Waals surface area contributed by atoms with Crippen molar-refractivity contribution >= 4 is 38.9 Å². The van der Waals surface area contributed by atoms with Crippen LogP contribution in [-0.4, -0.2) is 24.2 Å². The van der Waals surface area contributed by atoms with Crippen LogP contribution in [0, 0.1) is 0 Å². The Morgan fingerprint density at radius 3 is 2.55 bits per heavy atom. The Morgan fingerprint density at radius 1 is 1.20 bits per heavy atom. The second-order valence-corrected chi connectivity index (χ2v) is 6.66.